The summed E-state index contributed by atoms with van der Waals surface area (Å²) in [6.45, 7) is 3.85. The highest BCUT2D eigenvalue weighted by Gasteiger charge is 2.33. The molecule has 2 unspecified atom stereocenters. The number of rotatable bonds is 4. The molecule has 124 valence electrons. The number of imide groups is 1. The molecule has 2 amide bonds. The van der Waals surface area contributed by atoms with Crippen molar-refractivity contribution in [2.24, 2.45) is 5.92 Å². The third kappa shape index (κ3) is 3.27. The molecule has 2 fully saturated rings. The minimum Gasteiger partial charge on any atom is -0.316 e. The van der Waals surface area contributed by atoms with Gasteiger partial charge in [-0.2, -0.15) is 0 Å². The van der Waals surface area contributed by atoms with Gasteiger partial charge in [-0.1, -0.05) is 6.92 Å². The Kier molecular flexibility index (Phi) is 4.43. The van der Waals surface area contributed by atoms with Crippen LogP contribution in [-0.2, 0) is 9.59 Å². The zero-order chi connectivity index (χ0) is 16.6. The fourth-order valence-corrected chi connectivity index (χ4v) is 3.34. The van der Waals surface area contributed by atoms with E-state index in [0.29, 0.717) is 11.5 Å². The number of benzene rings is 1. The van der Waals surface area contributed by atoms with Crippen molar-refractivity contribution in [3.05, 3.63) is 34.9 Å². The average Bonchev–Trinajstić information content (AvgIpc) is 2.44. The summed E-state index contributed by atoms with van der Waals surface area (Å²) in [5, 5.41) is 5.32. The highest BCUT2D eigenvalue weighted by molar-refractivity contribution is 6.00. The minimum absolute atomic E-state index is 0.0573. The maximum absolute atomic E-state index is 14.4. The predicted molar refractivity (Wildman–Crippen MR) is 80.9 cm³/mol. The molecule has 0 radical (unpaired) electrons. The largest absolute Gasteiger partial charge is 0.316 e. The zero-order valence-corrected chi connectivity index (χ0v) is 13.0. The van der Waals surface area contributed by atoms with E-state index in [1.54, 1.807) is 0 Å². The topological polar surface area (TPSA) is 58.2 Å². The third-order valence-electron chi connectivity index (χ3n) is 4.81. The molecule has 0 saturated carbocycles. The van der Waals surface area contributed by atoms with Crippen LogP contribution in [0.1, 0.15) is 49.1 Å². The van der Waals surface area contributed by atoms with Gasteiger partial charge in [0.2, 0.25) is 11.8 Å². The molecule has 2 heterocycles. The van der Waals surface area contributed by atoms with Gasteiger partial charge in [-0.15, -0.1) is 0 Å². The molecule has 0 aliphatic carbocycles. The number of carbonyl (C=O) groups excluding carboxylic acids is 2. The van der Waals surface area contributed by atoms with Crippen LogP contribution in [0.15, 0.2) is 12.1 Å². The maximum atomic E-state index is 14.4. The van der Waals surface area contributed by atoms with Crippen molar-refractivity contribution in [3.63, 3.8) is 0 Å². The van der Waals surface area contributed by atoms with Crippen LogP contribution in [0, 0.1) is 17.6 Å². The van der Waals surface area contributed by atoms with Crippen LogP contribution in [0.5, 0.6) is 0 Å². The summed E-state index contributed by atoms with van der Waals surface area (Å²) in [7, 11) is 0. The van der Waals surface area contributed by atoms with E-state index < -0.39 is 29.4 Å². The van der Waals surface area contributed by atoms with Gasteiger partial charge < -0.3 is 5.32 Å². The first-order chi connectivity index (χ1) is 11.0. The molecule has 23 heavy (non-hydrogen) atoms. The van der Waals surface area contributed by atoms with Crippen LogP contribution in [0.4, 0.5) is 8.78 Å². The number of hydrogen-bond donors (Lipinski definition) is 2. The molecular weight excluding hydrogens is 302 g/mol. The van der Waals surface area contributed by atoms with Gasteiger partial charge in [0.1, 0.15) is 11.6 Å². The van der Waals surface area contributed by atoms with Crippen LogP contribution >= 0.6 is 0 Å². The Labute approximate surface area is 133 Å². The van der Waals surface area contributed by atoms with Crippen molar-refractivity contribution >= 4 is 11.8 Å². The Morgan fingerprint density at radius 1 is 1.22 bits per heavy atom. The lowest BCUT2D eigenvalue weighted by Gasteiger charge is -2.30. The number of amides is 2. The molecule has 0 aromatic heterocycles. The molecule has 4 nitrogen and oxygen atoms in total. The van der Waals surface area contributed by atoms with Gasteiger partial charge in [-0.3, -0.25) is 14.9 Å². The van der Waals surface area contributed by atoms with Crippen molar-refractivity contribution in [3.8, 4) is 0 Å². The molecule has 0 spiro atoms. The van der Waals surface area contributed by atoms with Crippen molar-refractivity contribution in [2.45, 2.75) is 38.0 Å². The van der Waals surface area contributed by atoms with Crippen molar-refractivity contribution in [1.29, 1.82) is 0 Å². The summed E-state index contributed by atoms with van der Waals surface area (Å²) in [6, 6.07) is 2.66. The quantitative estimate of drug-likeness (QED) is 0.836. The standard InChI is InChI=1S/C17H20F2N2O2/c1-9(4-10-7-20-8-10)11-5-13(18)16(14(19)6-11)12-2-3-15(22)21-17(12)23/h5-6,9-10,12,20H,2-4,7-8H2,1H3,(H,21,22,23). The van der Waals surface area contributed by atoms with Crippen LogP contribution in [0.25, 0.3) is 0 Å². The first-order valence-electron chi connectivity index (χ1n) is 7.99. The number of nitrogens with one attached hydrogen (secondary N) is 2. The SMILES string of the molecule is CC(CC1CNC1)c1cc(F)c(C2CCC(=O)NC2=O)c(F)c1. The summed E-state index contributed by atoms with van der Waals surface area (Å²) in [5.74, 6) is -2.76. The number of carbonyl (C=O) groups is 2. The van der Waals surface area contributed by atoms with E-state index in [0.717, 1.165) is 19.5 Å². The normalized spacial score (nSPS) is 23.3. The molecule has 0 bridgehead atoms. The van der Waals surface area contributed by atoms with E-state index in [4.69, 9.17) is 0 Å². The average molecular weight is 322 g/mol. The minimum atomic E-state index is -0.937. The van der Waals surface area contributed by atoms with E-state index in [9.17, 15) is 18.4 Å². The van der Waals surface area contributed by atoms with Crippen molar-refractivity contribution in [2.75, 3.05) is 13.1 Å². The number of piperidine rings is 1. The summed E-state index contributed by atoms with van der Waals surface area (Å²) in [6.07, 6.45) is 1.12. The first kappa shape index (κ1) is 16.1. The fraction of sp³-hybridized carbons (Fsp3) is 0.529. The van der Waals surface area contributed by atoms with Crippen LogP contribution in [0.3, 0.4) is 0 Å². The number of hydrogen-bond acceptors (Lipinski definition) is 3. The van der Waals surface area contributed by atoms with E-state index in [1.165, 1.54) is 12.1 Å². The molecule has 1 aromatic rings. The van der Waals surface area contributed by atoms with Gasteiger partial charge in [-0.05, 0) is 55.5 Å². The lowest BCUT2D eigenvalue weighted by atomic mass is 9.84. The van der Waals surface area contributed by atoms with Crippen LogP contribution < -0.4 is 10.6 Å². The van der Waals surface area contributed by atoms with Gasteiger partial charge >= 0.3 is 0 Å². The molecule has 2 N–H and O–H groups in total. The molecule has 2 atom stereocenters. The van der Waals surface area contributed by atoms with E-state index in [1.807, 2.05) is 6.92 Å². The van der Waals surface area contributed by atoms with E-state index >= 15 is 0 Å². The Morgan fingerprint density at radius 2 is 1.87 bits per heavy atom. The monoisotopic (exact) mass is 322 g/mol. The Morgan fingerprint density at radius 3 is 2.39 bits per heavy atom. The molecular formula is C17H20F2N2O2. The third-order valence-corrected chi connectivity index (χ3v) is 4.81. The second-order valence-corrected chi connectivity index (χ2v) is 6.56. The summed E-state index contributed by atoms with van der Waals surface area (Å²) in [5.41, 5.74) is 0.388. The molecule has 2 aliphatic heterocycles. The number of halogens is 2. The lowest BCUT2D eigenvalue weighted by molar-refractivity contribution is -0.134. The van der Waals surface area contributed by atoms with Crippen molar-refractivity contribution < 1.29 is 18.4 Å². The maximum Gasteiger partial charge on any atom is 0.234 e. The van der Waals surface area contributed by atoms with Crippen molar-refractivity contribution in [1.82, 2.24) is 10.6 Å². The smallest absolute Gasteiger partial charge is 0.234 e. The molecule has 2 saturated heterocycles. The second-order valence-electron chi connectivity index (χ2n) is 6.56. The van der Waals surface area contributed by atoms with E-state index in [2.05, 4.69) is 10.6 Å². The van der Waals surface area contributed by atoms with Gasteiger partial charge in [0.25, 0.3) is 0 Å². The summed E-state index contributed by atoms with van der Waals surface area (Å²) in [4.78, 5) is 23.0. The van der Waals surface area contributed by atoms with Gasteiger partial charge in [0.15, 0.2) is 0 Å². The fourth-order valence-electron chi connectivity index (χ4n) is 3.34. The molecule has 2 aliphatic rings. The van der Waals surface area contributed by atoms with Crippen LogP contribution in [0.2, 0.25) is 0 Å². The molecule has 6 heteroatoms. The van der Waals surface area contributed by atoms with Crippen LogP contribution in [-0.4, -0.2) is 24.9 Å². The van der Waals surface area contributed by atoms with E-state index in [-0.39, 0.29) is 24.3 Å². The summed E-state index contributed by atoms with van der Waals surface area (Å²) < 4.78 is 28.9. The first-order valence-corrected chi connectivity index (χ1v) is 7.99. The second kappa shape index (κ2) is 6.35. The molecule has 3 rings (SSSR count). The van der Waals surface area contributed by atoms with Gasteiger partial charge in [0.05, 0.1) is 5.92 Å². The highest BCUT2D eigenvalue weighted by Crippen LogP contribution is 2.33. The lowest BCUT2D eigenvalue weighted by Crippen LogP contribution is -2.42. The Balaban J connectivity index is 1.82. The Hall–Kier alpha value is -1.82. The molecule has 1 aromatic carbocycles. The summed E-state index contributed by atoms with van der Waals surface area (Å²) >= 11 is 0. The zero-order valence-electron chi connectivity index (χ0n) is 13.0. The van der Waals surface area contributed by atoms with Gasteiger partial charge in [-0.25, -0.2) is 8.78 Å². The van der Waals surface area contributed by atoms with Gasteiger partial charge in [0, 0.05) is 12.0 Å². The predicted octanol–water partition coefficient (Wildman–Crippen LogP) is 2.20. The Bertz CT molecular complexity index is 620. The highest BCUT2D eigenvalue weighted by atomic mass is 19.1.